The number of benzene rings is 3. The number of aromatic nitrogens is 1. The summed E-state index contributed by atoms with van der Waals surface area (Å²) in [5.74, 6) is -6.50. The number of carbonyl (C=O) groups excluding carboxylic acids is 2. The van der Waals surface area contributed by atoms with Crippen molar-refractivity contribution >= 4 is 62.0 Å². The normalized spacial score (nSPS) is 31.2. The molecular formula is C48H57N3O13. The van der Waals surface area contributed by atoms with Gasteiger partial charge >= 0.3 is 11.8 Å². The van der Waals surface area contributed by atoms with E-state index in [1.165, 1.54) is 59.3 Å². The number of amides is 1. The molecule has 4 aromatic rings. The van der Waals surface area contributed by atoms with Crippen molar-refractivity contribution < 1.29 is 53.4 Å². The lowest BCUT2D eigenvalue weighted by atomic mass is 9.78. The van der Waals surface area contributed by atoms with E-state index in [1.54, 1.807) is 45.9 Å². The Balaban J connectivity index is 1.49. The molecule has 0 aliphatic carbocycles. The second-order valence-corrected chi connectivity index (χ2v) is 17.9. The van der Waals surface area contributed by atoms with Crippen LogP contribution in [0, 0.1) is 36.5 Å². The lowest BCUT2D eigenvalue weighted by Gasteiger charge is -2.38. The molecule has 16 heteroatoms. The van der Waals surface area contributed by atoms with E-state index in [0.29, 0.717) is 11.6 Å². The van der Waals surface area contributed by atoms with Gasteiger partial charge in [-0.2, -0.15) is 0 Å². The summed E-state index contributed by atoms with van der Waals surface area (Å²) >= 11 is 0. The Bertz CT molecular complexity index is 2820. The first kappa shape index (κ1) is 46.0. The molecule has 5 N–H and O–H groups in total. The molecular weight excluding hydrogens is 827 g/mol. The molecule has 0 radical (unpaired) electrons. The molecule has 7 rings (SSSR count). The molecule has 3 aliphatic heterocycles. The van der Waals surface area contributed by atoms with Crippen molar-refractivity contribution in [2.75, 3.05) is 30.4 Å². The van der Waals surface area contributed by atoms with Crippen molar-refractivity contribution in [2.45, 2.75) is 98.9 Å². The zero-order chi connectivity index (χ0) is 46.7. The van der Waals surface area contributed by atoms with E-state index in [9.17, 15) is 39.6 Å². The van der Waals surface area contributed by atoms with Gasteiger partial charge in [0, 0.05) is 92.1 Å². The van der Waals surface area contributed by atoms with Gasteiger partial charge in [-0.1, -0.05) is 52.8 Å². The van der Waals surface area contributed by atoms with Crippen LogP contribution < -0.4 is 31.0 Å². The zero-order valence-electron chi connectivity index (χ0n) is 37.7. The van der Waals surface area contributed by atoms with E-state index in [4.69, 9.17) is 28.3 Å². The predicted molar refractivity (Wildman–Crippen MR) is 241 cm³/mol. The Hall–Kier alpha value is -5.97. The van der Waals surface area contributed by atoms with E-state index < -0.39 is 88.1 Å². The Morgan fingerprint density at radius 2 is 1.69 bits per heavy atom. The number of carbonyl (C=O) groups is 2. The molecule has 0 unspecified atom stereocenters. The molecule has 64 heavy (non-hydrogen) atoms. The number of fused-ring (bicyclic) bond motifs is 2. The third-order valence-electron chi connectivity index (χ3n) is 13.2. The van der Waals surface area contributed by atoms with Crippen LogP contribution in [0.4, 0.5) is 11.4 Å². The Morgan fingerprint density at radius 3 is 2.34 bits per heavy atom. The maximum Gasteiger partial charge on any atom is 0.307 e. The molecule has 1 amide bonds. The summed E-state index contributed by atoms with van der Waals surface area (Å²) in [5, 5.41) is 49.1. The first-order chi connectivity index (χ1) is 30.2. The highest BCUT2D eigenvalue weighted by atomic mass is 16.7. The van der Waals surface area contributed by atoms with Crippen molar-refractivity contribution in [2.24, 2.45) is 29.6 Å². The number of phenols is 1. The molecule has 4 bridgehead atoms. The number of phenolic OH excluding ortho intramolecular Hbond substituents is 1. The fraction of sp³-hybridized carbons (Fsp3) is 0.479. The summed E-state index contributed by atoms with van der Waals surface area (Å²) in [7, 11) is 1.44. The summed E-state index contributed by atoms with van der Waals surface area (Å²) in [5.41, 5.74) is -1.31. The molecule has 4 heterocycles. The second kappa shape index (κ2) is 17.5. The third kappa shape index (κ3) is 8.07. The average molecular weight is 884 g/mol. The molecule has 0 spiro atoms. The molecule has 10 atom stereocenters. The van der Waals surface area contributed by atoms with Crippen molar-refractivity contribution in [1.29, 1.82) is 0 Å². The predicted octanol–water partition coefficient (Wildman–Crippen LogP) is 5.41. The number of hydrogen-bond donors (Lipinski definition) is 5. The fourth-order valence-electron chi connectivity index (χ4n) is 9.23. The minimum atomic E-state index is -1.97. The fourth-order valence-corrected chi connectivity index (χ4v) is 9.23. The van der Waals surface area contributed by atoms with E-state index >= 15 is 0 Å². The molecule has 3 aromatic carbocycles. The number of ether oxygens (including phenoxy) is 4. The van der Waals surface area contributed by atoms with E-state index in [-0.39, 0.29) is 60.8 Å². The molecule has 1 saturated heterocycles. The Kier molecular flexibility index (Phi) is 12.6. The van der Waals surface area contributed by atoms with Gasteiger partial charge in [-0.15, -0.1) is 0 Å². The summed E-state index contributed by atoms with van der Waals surface area (Å²) in [6.07, 6.45) is 4.50. The number of methoxy groups -OCH3 is 1. The van der Waals surface area contributed by atoms with E-state index in [0.717, 1.165) is 19.5 Å². The standard InChI is InChI=1S/C48H57N3O13/c1-21-14-16-51(20-21)29-18-30(53)36-32(19-29)63-45-37(49-36)33-34-41(56)27(7)44-35(33)46(58)48(9,64-44)61-17-15-31(60-10)24(4)43(62-28(8)52)26(6)40(55)25(5)39(54)22(2)12-11-13-23(3)47(59)50-38(45)42(34)57/h11-13,15,17-19,21-22,24-26,31,39-40,43,54-56,58H,14,16,20H2,1-10H3,(H,50,59)/b12-11+,17-15+,23-13-/t21-,22+,24-,25-,26-,31+,39+,40-,43-,48+/m1/s1. The van der Waals surface area contributed by atoms with Crippen molar-refractivity contribution in [1.82, 2.24) is 4.98 Å². The first-order valence-corrected chi connectivity index (χ1v) is 21.6. The van der Waals surface area contributed by atoms with Gasteiger partial charge in [0.05, 0.1) is 35.2 Å². The van der Waals surface area contributed by atoms with Gasteiger partial charge in [0.25, 0.3) is 5.91 Å². The maximum atomic E-state index is 14.8. The van der Waals surface area contributed by atoms with Crippen LogP contribution in [-0.2, 0) is 23.8 Å². The number of aliphatic hydroxyl groups excluding tert-OH is 3. The van der Waals surface area contributed by atoms with Gasteiger partial charge in [-0.25, -0.2) is 4.98 Å². The number of nitrogens with one attached hydrogen (secondary N) is 1. The number of hydrogen-bond acceptors (Lipinski definition) is 15. The van der Waals surface area contributed by atoms with Crippen LogP contribution >= 0.6 is 0 Å². The number of nitrogens with zero attached hydrogens (tertiary/aromatic N) is 2. The van der Waals surface area contributed by atoms with Gasteiger partial charge in [-0.05, 0) is 32.3 Å². The third-order valence-corrected chi connectivity index (χ3v) is 13.2. The smallest absolute Gasteiger partial charge is 0.307 e. The number of rotatable bonds is 3. The zero-order valence-corrected chi connectivity index (χ0v) is 37.7. The van der Waals surface area contributed by atoms with Crippen LogP contribution in [0.2, 0.25) is 0 Å². The van der Waals surface area contributed by atoms with Gasteiger partial charge in [-0.3, -0.25) is 19.2 Å². The number of aliphatic hydroxyl groups is 3. The Labute approximate surface area is 369 Å². The molecule has 1 aromatic heterocycles. The lowest BCUT2D eigenvalue weighted by molar-refractivity contribution is -0.160. The number of anilines is 2. The summed E-state index contributed by atoms with van der Waals surface area (Å²) in [4.78, 5) is 61.8. The summed E-state index contributed by atoms with van der Waals surface area (Å²) in [6.45, 7) is 16.2. The molecule has 3 aliphatic rings. The largest absolute Gasteiger partial charge is 0.507 e. The quantitative estimate of drug-likeness (QED) is 0.0986. The Morgan fingerprint density at radius 1 is 0.969 bits per heavy atom. The molecule has 342 valence electrons. The highest BCUT2D eigenvalue weighted by molar-refractivity contribution is 6.16. The summed E-state index contributed by atoms with van der Waals surface area (Å²) < 4.78 is 30.4. The number of allylic oxidation sites excluding steroid dienone is 2. The van der Waals surface area contributed by atoms with Gasteiger partial charge < -0.3 is 54.0 Å². The first-order valence-electron chi connectivity index (χ1n) is 21.6. The maximum absolute atomic E-state index is 14.8. The minimum Gasteiger partial charge on any atom is -0.507 e. The van der Waals surface area contributed by atoms with Crippen LogP contribution in [0.5, 0.6) is 11.5 Å². The monoisotopic (exact) mass is 883 g/mol. The van der Waals surface area contributed by atoms with Crippen molar-refractivity contribution in [3.05, 3.63) is 79.5 Å². The van der Waals surface area contributed by atoms with Crippen LogP contribution in [0.25, 0.3) is 38.7 Å². The highest BCUT2D eigenvalue weighted by Gasteiger charge is 2.44. The van der Waals surface area contributed by atoms with E-state index in [2.05, 4.69) is 17.1 Å². The second-order valence-electron chi connectivity index (χ2n) is 17.9. The molecule has 1 fully saturated rings. The number of esters is 1. The SMILES string of the molecule is CO[C@H]1/C=C/O[C@@]2(C)Oc3c(C)c(O)c4c(=O)c(c5oc6cc(N7CC[C@@H](C)C7)cc(=O)c6nc5c4c3=C2O)NC(=O)/C(C)=C\C=C\[C@H](C)[C@H](O)[C@@H](C)[C@@H](O)[C@@H](C)[C@H](OC(C)=O)[C@@H]1C. The van der Waals surface area contributed by atoms with Gasteiger partial charge in [0.15, 0.2) is 22.4 Å². The summed E-state index contributed by atoms with van der Waals surface area (Å²) in [6, 6.07) is 3.13. The minimum absolute atomic E-state index is 0.0436. The van der Waals surface area contributed by atoms with E-state index in [1.807, 2.05) is 0 Å². The number of aromatic hydroxyl groups is 1. The average Bonchev–Trinajstić information content (AvgIpc) is 3.81. The molecule has 0 saturated carbocycles. The van der Waals surface area contributed by atoms with Gasteiger partial charge in [0.1, 0.15) is 28.8 Å². The van der Waals surface area contributed by atoms with Crippen LogP contribution in [0.15, 0.2) is 62.3 Å². The van der Waals surface area contributed by atoms with Crippen LogP contribution in [0.3, 0.4) is 0 Å². The van der Waals surface area contributed by atoms with Crippen LogP contribution in [-0.4, -0.2) is 87.7 Å². The van der Waals surface area contributed by atoms with Crippen molar-refractivity contribution in [3.63, 3.8) is 0 Å². The van der Waals surface area contributed by atoms with Crippen molar-refractivity contribution in [3.8, 4) is 11.5 Å². The lowest BCUT2D eigenvalue weighted by Crippen LogP contribution is -2.46. The topological polar surface area (TPSA) is 227 Å². The van der Waals surface area contributed by atoms with Gasteiger partial charge in [0.2, 0.25) is 10.9 Å². The highest BCUT2D eigenvalue weighted by Crippen LogP contribution is 2.42. The molecule has 16 nitrogen and oxygen atoms in total. The van der Waals surface area contributed by atoms with Crippen LogP contribution in [0.1, 0.15) is 67.4 Å².